The molecule has 0 radical (unpaired) electrons. The maximum atomic E-state index is 10.0. The van der Waals surface area contributed by atoms with Gasteiger partial charge < -0.3 is 44.4 Å². The van der Waals surface area contributed by atoms with Crippen LogP contribution < -0.4 is 24.8 Å². The first-order chi connectivity index (χ1) is 49.4. The van der Waals surface area contributed by atoms with E-state index >= 15 is 0 Å². The van der Waals surface area contributed by atoms with E-state index in [1.807, 2.05) is 148 Å². The number of anilines is 3. The van der Waals surface area contributed by atoms with Gasteiger partial charge in [0.1, 0.15) is 76.7 Å². The number of halogens is 3. The number of aliphatic imine (C=N–C) groups is 4. The summed E-state index contributed by atoms with van der Waals surface area (Å²) in [4.78, 5) is 36.5. The van der Waals surface area contributed by atoms with Crippen molar-refractivity contribution in [2.24, 2.45) is 20.0 Å². The number of allylic oxidation sites excluding steroid dienone is 1. The minimum Gasteiger partial charge on any atom is -0.491 e. The number of nitrogens with one attached hydrogen (secondary N) is 3. The highest BCUT2D eigenvalue weighted by Gasteiger charge is 2.29. The Hall–Kier alpha value is -8.71. The molecule has 21 nitrogen and oxygen atoms in total. The number of hydrogen-bond donors (Lipinski definition) is 3. The van der Waals surface area contributed by atoms with Crippen LogP contribution in [-0.4, -0.2) is 238 Å². The first kappa shape index (κ1) is 74.5. The second kappa shape index (κ2) is 35.0. The summed E-state index contributed by atoms with van der Waals surface area (Å²) in [5.74, 6) is 2.24. The van der Waals surface area contributed by atoms with Crippen molar-refractivity contribution in [1.82, 2.24) is 44.5 Å². The van der Waals surface area contributed by atoms with Crippen molar-refractivity contribution in [3.8, 4) is 35.5 Å². The topological polar surface area (TPSA) is 224 Å². The van der Waals surface area contributed by atoms with E-state index in [2.05, 4.69) is 94.6 Å². The molecular weight excluding hydrogens is 1380 g/mol. The van der Waals surface area contributed by atoms with Gasteiger partial charge in [0.2, 0.25) is 0 Å². The van der Waals surface area contributed by atoms with Crippen LogP contribution in [0.5, 0.6) is 17.2 Å². The van der Waals surface area contributed by atoms with E-state index in [0.717, 1.165) is 165 Å². The van der Waals surface area contributed by atoms with Gasteiger partial charge >= 0.3 is 0 Å². The number of rotatable bonds is 16. The standard InChI is InChI=1S/C28H33ClN6OS.C25H26ClN7O.C23H24ClN5OS/c1-19(33(2)3)26-28(37-5)31-24-17-25(36-15-14-35-12-10-34(4)11-13-35)20(18-30)16-22(24)27(32-26)21-8-6-7-9-23(21)29;1-16-23-25(31-30-16)28-21-14-22(34-12-11-33-9-7-32(2)8-10-33)17(15-27)13-19(21)24(29-23)18-5-3-4-6-20(18)26;1-28-6-8-29(9-7-28)10-11-30-21-13-20-18(12-16(21)14-25)23(26-15-22(31)27-20)17-4-2-3-5-19(17)24/h6-9,16-17H,10-15H2,1-5H3;3-6,13-14H,7-12H2,1-2H3,(H2,28,30,31);2-5,12-13H,6-11,15H2,1H3,(H,27,31). The first-order valence-corrected chi connectivity index (χ1v) is 36.6. The molecule has 3 saturated heterocycles. The van der Waals surface area contributed by atoms with Crippen molar-refractivity contribution in [2.75, 3.05) is 177 Å². The number of aromatic amines is 1. The quantitative estimate of drug-likeness (QED) is 0.0765. The lowest BCUT2D eigenvalue weighted by atomic mass is 9.98. The smallest absolute Gasteiger partial charge is 0.178 e. The maximum Gasteiger partial charge on any atom is 0.178 e. The predicted molar refractivity (Wildman–Crippen MR) is 417 cm³/mol. The minimum absolute atomic E-state index is 0.353. The fourth-order valence-corrected chi connectivity index (χ4v) is 13.7. The number of ether oxygens (including phenoxy) is 3. The van der Waals surface area contributed by atoms with Crippen molar-refractivity contribution in [2.45, 2.75) is 13.8 Å². The van der Waals surface area contributed by atoms with Gasteiger partial charge in [0.15, 0.2) is 5.82 Å². The second-order valence-corrected chi connectivity index (χ2v) is 28.2. The molecule has 6 aliphatic heterocycles. The van der Waals surface area contributed by atoms with Crippen LogP contribution in [0.3, 0.4) is 0 Å². The van der Waals surface area contributed by atoms with E-state index in [4.69, 9.17) is 76.2 Å². The lowest BCUT2D eigenvalue weighted by Crippen LogP contribution is -2.45. The van der Waals surface area contributed by atoms with Gasteiger partial charge in [-0.2, -0.15) is 20.9 Å². The van der Waals surface area contributed by atoms with Crippen molar-refractivity contribution in [3.63, 3.8) is 0 Å². The minimum atomic E-state index is 0.353. The molecule has 1 aromatic heterocycles. The SMILES string of the molecule is CN1CCN(CCOc2cc3c(cc2C#N)C(c2ccccc2Cl)=NCC(=S)N3)CC1.CSC1=Nc2cc(OCCN3CCN(C)CC3)c(C#N)cc2C(c2ccccc2Cl)=NC1=C(C)N(C)C.Cc1[nH]nc2c1N=C(c1ccccc1Cl)c1cc(C#N)c(OCCN3CCN(C)CC3)cc1N2. The van der Waals surface area contributed by atoms with E-state index in [1.165, 1.54) is 11.8 Å². The molecule has 0 amide bonds. The average molecular weight is 1470 g/mol. The van der Waals surface area contributed by atoms with Crippen molar-refractivity contribution >= 4 is 115 Å². The Labute approximate surface area is 622 Å². The van der Waals surface area contributed by atoms with Crippen LogP contribution in [0.25, 0.3) is 0 Å². The number of thiocarbonyl (C=S) groups is 1. The third-order valence-electron chi connectivity index (χ3n) is 18.5. The number of aromatic nitrogens is 2. The molecule has 0 saturated carbocycles. The fourth-order valence-electron chi connectivity index (χ4n) is 12.2. The summed E-state index contributed by atoms with van der Waals surface area (Å²) in [5.41, 5.74) is 13.7. The molecule has 3 N–H and O–H groups in total. The Morgan fingerprint density at radius 3 is 1.40 bits per heavy atom. The number of hydrogen-bond acceptors (Lipinski definition) is 21. The van der Waals surface area contributed by atoms with E-state index in [1.54, 1.807) is 0 Å². The number of benzene rings is 6. The molecule has 7 heterocycles. The average Bonchev–Trinajstić information content (AvgIpc) is 1.57. The van der Waals surface area contributed by atoms with Crippen LogP contribution in [0.15, 0.2) is 141 Å². The normalized spacial score (nSPS) is 17.0. The summed E-state index contributed by atoms with van der Waals surface area (Å²) < 4.78 is 18.3. The Morgan fingerprint density at radius 2 is 0.961 bits per heavy atom. The number of nitriles is 3. The van der Waals surface area contributed by atoms with Crippen LogP contribution in [-0.2, 0) is 0 Å². The molecule has 13 rings (SSSR count). The molecule has 0 bridgehead atoms. The highest BCUT2D eigenvalue weighted by atomic mass is 35.5. The molecular formula is C76H83Cl3N18O3S2. The molecule has 3 fully saturated rings. The largest absolute Gasteiger partial charge is 0.491 e. The Bertz CT molecular complexity index is 4530. The number of fused-ring (bicyclic) bond motifs is 4. The summed E-state index contributed by atoms with van der Waals surface area (Å²) in [5, 5.41) is 46.3. The molecule has 0 spiro atoms. The number of H-pyrrole nitrogens is 1. The molecule has 6 aliphatic rings. The highest BCUT2D eigenvalue weighted by molar-refractivity contribution is 8.13. The Kier molecular flexibility index (Phi) is 25.5. The number of likely N-dealkylation sites (N-methyl/N-ethyl adjacent to an activating group) is 3. The van der Waals surface area contributed by atoms with Gasteiger partial charge in [0.05, 0.1) is 63.1 Å². The first-order valence-electron chi connectivity index (χ1n) is 33.9. The maximum absolute atomic E-state index is 10.0. The molecule has 0 unspecified atom stereocenters. The molecule has 528 valence electrons. The van der Waals surface area contributed by atoms with E-state index in [-0.39, 0.29) is 0 Å². The number of aryl methyl sites for hydroxylation is 1. The number of piperazine rings is 3. The molecule has 0 atom stereocenters. The predicted octanol–water partition coefficient (Wildman–Crippen LogP) is 12.4. The number of benzodiazepines with no additional fused rings is 1. The summed E-state index contributed by atoms with van der Waals surface area (Å²) in [6, 6.07) is 40.7. The lowest BCUT2D eigenvalue weighted by Gasteiger charge is -2.32. The van der Waals surface area contributed by atoms with Crippen LogP contribution in [0.1, 0.15) is 62.7 Å². The van der Waals surface area contributed by atoms with E-state index in [9.17, 15) is 15.8 Å². The Morgan fingerprint density at radius 1 is 0.549 bits per heavy atom. The third-order valence-corrected chi connectivity index (χ3v) is 20.4. The van der Waals surface area contributed by atoms with Crippen molar-refractivity contribution in [3.05, 3.63) is 191 Å². The third kappa shape index (κ3) is 18.2. The summed E-state index contributed by atoms with van der Waals surface area (Å²) in [6.45, 7) is 20.8. The molecule has 26 heteroatoms. The van der Waals surface area contributed by atoms with E-state index in [0.29, 0.717) is 115 Å². The number of thioether (sulfide) groups is 1. The van der Waals surface area contributed by atoms with Crippen LogP contribution >= 0.6 is 58.8 Å². The van der Waals surface area contributed by atoms with Gasteiger partial charge in [-0.25, -0.2) is 15.0 Å². The van der Waals surface area contributed by atoms with Gasteiger partial charge in [-0.1, -0.05) is 102 Å². The van der Waals surface area contributed by atoms with Gasteiger partial charge in [-0.3, -0.25) is 24.8 Å². The van der Waals surface area contributed by atoms with E-state index < -0.39 is 0 Å². The van der Waals surface area contributed by atoms with Gasteiger partial charge in [0.25, 0.3) is 0 Å². The van der Waals surface area contributed by atoms with Crippen LogP contribution in [0.2, 0.25) is 15.1 Å². The Balaban J connectivity index is 0.000000154. The van der Waals surface area contributed by atoms with Crippen molar-refractivity contribution < 1.29 is 14.2 Å². The molecule has 0 aliphatic carbocycles. The van der Waals surface area contributed by atoms with Crippen LogP contribution in [0, 0.1) is 40.9 Å². The number of nitrogens with zero attached hydrogens (tertiary/aromatic N) is 15. The summed E-state index contributed by atoms with van der Waals surface area (Å²) in [7, 11) is 10.4. The summed E-state index contributed by atoms with van der Waals surface area (Å²) in [6.07, 6.45) is 1.99. The monoisotopic (exact) mass is 1460 g/mol. The fraction of sp³-hybridized carbons (Fsp3) is 0.355. The second-order valence-electron chi connectivity index (χ2n) is 25.7. The zero-order chi connectivity index (χ0) is 72.0. The van der Waals surface area contributed by atoms with Gasteiger partial charge in [-0.05, 0) is 77.6 Å². The van der Waals surface area contributed by atoms with Gasteiger partial charge in [0, 0.05) is 185 Å². The zero-order valence-electron chi connectivity index (χ0n) is 58.7. The lowest BCUT2D eigenvalue weighted by molar-refractivity contribution is 0.133. The van der Waals surface area contributed by atoms with Crippen molar-refractivity contribution in [1.29, 1.82) is 15.8 Å². The molecule has 102 heavy (non-hydrogen) atoms. The zero-order valence-corrected chi connectivity index (χ0v) is 62.6. The van der Waals surface area contributed by atoms with Gasteiger partial charge in [-0.15, -0.1) is 11.8 Å². The highest BCUT2D eigenvalue weighted by Crippen LogP contribution is 2.42. The summed E-state index contributed by atoms with van der Waals surface area (Å²) >= 11 is 26.6. The molecule has 7 aromatic rings. The van der Waals surface area contributed by atoms with Crippen LogP contribution in [0.4, 0.5) is 28.6 Å². The molecule has 6 aromatic carbocycles.